The Morgan fingerprint density at radius 1 is 1.31 bits per heavy atom. The van der Waals surface area contributed by atoms with Crippen LogP contribution in [0, 0.1) is 6.92 Å². The highest BCUT2D eigenvalue weighted by Crippen LogP contribution is 2.20. The summed E-state index contributed by atoms with van der Waals surface area (Å²) >= 11 is 3.31. The smallest absolute Gasteiger partial charge is 0.240 e. The van der Waals surface area contributed by atoms with Gasteiger partial charge >= 0.3 is 0 Å². The average molecular weight is 283 g/mol. The molecule has 1 N–H and O–H groups in total. The van der Waals surface area contributed by atoms with E-state index >= 15 is 0 Å². The summed E-state index contributed by atoms with van der Waals surface area (Å²) in [7, 11) is 0. The van der Waals surface area contributed by atoms with Crippen LogP contribution in [0.3, 0.4) is 0 Å². The van der Waals surface area contributed by atoms with Crippen LogP contribution < -0.4 is 4.74 Å². The standard InChI is InChI=1S/C10H11BrN4O/c1-3-8-12-7(11)5-9(13-8)16-10-4-6(2)14-15-10/h4-5H,3H2,1-2H3,(H,14,15). The van der Waals surface area contributed by atoms with E-state index in [1.165, 1.54) is 0 Å². The molecule has 0 aliphatic rings. The van der Waals surface area contributed by atoms with Crippen LogP contribution in [0.1, 0.15) is 18.4 Å². The van der Waals surface area contributed by atoms with E-state index in [-0.39, 0.29) is 0 Å². The van der Waals surface area contributed by atoms with Crippen LogP contribution in [0.25, 0.3) is 0 Å². The van der Waals surface area contributed by atoms with Crippen molar-refractivity contribution in [3.8, 4) is 11.8 Å². The number of ether oxygens (including phenoxy) is 1. The largest absolute Gasteiger partial charge is 0.419 e. The Labute approximate surface area is 101 Å². The predicted octanol–water partition coefficient (Wildman–Crippen LogP) is 2.63. The molecule has 0 fully saturated rings. The van der Waals surface area contributed by atoms with Crippen molar-refractivity contribution in [1.82, 2.24) is 20.2 Å². The number of nitrogens with one attached hydrogen (secondary N) is 1. The third-order valence-corrected chi connectivity index (χ3v) is 2.33. The van der Waals surface area contributed by atoms with Gasteiger partial charge in [0.05, 0.1) is 0 Å². The van der Waals surface area contributed by atoms with Crippen LogP contribution in [-0.4, -0.2) is 20.2 Å². The molecule has 84 valence electrons. The molecule has 0 saturated heterocycles. The molecule has 2 rings (SSSR count). The van der Waals surface area contributed by atoms with E-state index in [4.69, 9.17) is 4.74 Å². The van der Waals surface area contributed by atoms with Crippen LogP contribution >= 0.6 is 15.9 Å². The Kier molecular flexibility index (Phi) is 3.19. The zero-order valence-electron chi connectivity index (χ0n) is 8.99. The number of H-pyrrole nitrogens is 1. The van der Waals surface area contributed by atoms with Gasteiger partial charge in [-0.15, -0.1) is 5.10 Å². The van der Waals surface area contributed by atoms with Crippen LogP contribution in [0.4, 0.5) is 0 Å². The third kappa shape index (κ3) is 2.57. The summed E-state index contributed by atoms with van der Waals surface area (Å²) < 4.78 is 6.21. The molecule has 5 nitrogen and oxygen atoms in total. The minimum atomic E-state index is 0.491. The quantitative estimate of drug-likeness (QED) is 0.879. The van der Waals surface area contributed by atoms with Gasteiger partial charge in [0.1, 0.15) is 10.4 Å². The molecule has 0 aromatic carbocycles. The second-order valence-corrected chi connectivity index (χ2v) is 4.10. The van der Waals surface area contributed by atoms with Crippen molar-refractivity contribution in [2.24, 2.45) is 0 Å². The molecule has 0 amide bonds. The number of aryl methyl sites for hydroxylation is 2. The van der Waals surface area contributed by atoms with Gasteiger partial charge in [-0.05, 0) is 22.9 Å². The molecule has 0 radical (unpaired) electrons. The number of hydrogen-bond donors (Lipinski definition) is 1. The van der Waals surface area contributed by atoms with E-state index in [2.05, 4.69) is 36.1 Å². The molecule has 0 spiro atoms. The lowest BCUT2D eigenvalue weighted by molar-refractivity contribution is 0.439. The van der Waals surface area contributed by atoms with E-state index in [1.54, 1.807) is 6.07 Å². The Bertz CT molecular complexity index is 497. The van der Waals surface area contributed by atoms with Gasteiger partial charge in [-0.25, -0.2) is 4.98 Å². The lowest BCUT2D eigenvalue weighted by Gasteiger charge is -2.03. The molecule has 0 aliphatic heterocycles. The molecule has 0 saturated carbocycles. The summed E-state index contributed by atoms with van der Waals surface area (Å²) in [5.74, 6) is 1.73. The minimum Gasteiger partial charge on any atom is -0.419 e. The van der Waals surface area contributed by atoms with Gasteiger partial charge in [-0.3, -0.25) is 5.10 Å². The molecular weight excluding hydrogens is 272 g/mol. The van der Waals surface area contributed by atoms with E-state index in [0.717, 1.165) is 17.9 Å². The van der Waals surface area contributed by atoms with Gasteiger partial charge in [-0.1, -0.05) is 6.92 Å². The molecule has 16 heavy (non-hydrogen) atoms. The average Bonchev–Trinajstić information content (AvgIpc) is 2.63. The van der Waals surface area contributed by atoms with Crippen LogP contribution in [0.2, 0.25) is 0 Å². The number of rotatable bonds is 3. The fourth-order valence-electron chi connectivity index (χ4n) is 1.20. The van der Waals surface area contributed by atoms with Crippen molar-refractivity contribution in [2.75, 3.05) is 0 Å². The first-order chi connectivity index (χ1) is 7.67. The number of aromatic nitrogens is 4. The summed E-state index contributed by atoms with van der Waals surface area (Å²) in [5, 5.41) is 6.78. The summed E-state index contributed by atoms with van der Waals surface area (Å²) in [4.78, 5) is 8.44. The van der Waals surface area contributed by atoms with Crippen molar-refractivity contribution in [3.05, 3.63) is 28.3 Å². The van der Waals surface area contributed by atoms with Crippen molar-refractivity contribution < 1.29 is 4.74 Å². The molecule has 2 aromatic heterocycles. The van der Waals surface area contributed by atoms with Crippen molar-refractivity contribution >= 4 is 15.9 Å². The minimum absolute atomic E-state index is 0.491. The van der Waals surface area contributed by atoms with E-state index < -0.39 is 0 Å². The van der Waals surface area contributed by atoms with Crippen LogP contribution in [-0.2, 0) is 6.42 Å². The Morgan fingerprint density at radius 3 is 2.75 bits per heavy atom. The van der Waals surface area contributed by atoms with Gasteiger partial charge in [0.2, 0.25) is 11.8 Å². The van der Waals surface area contributed by atoms with Gasteiger partial charge in [0, 0.05) is 24.2 Å². The maximum Gasteiger partial charge on any atom is 0.240 e. The lowest BCUT2D eigenvalue weighted by Crippen LogP contribution is -1.96. The maximum atomic E-state index is 5.50. The number of nitrogens with zero attached hydrogens (tertiary/aromatic N) is 3. The fourth-order valence-corrected chi connectivity index (χ4v) is 1.61. The molecule has 6 heteroatoms. The number of hydrogen-bond acceptors (Lipinski definition) is 4. The first-order valence-corrected chi connectivity index (χ1v) is 5.70. The van der Waals surface area contributed by atoms with Gasteiger partial charge in [-0.2, -0.15) is 4.98 Å². The van der Waals surface area contributed by atoms with Gasteiger partial charge in [0.15, 0.2) is 0 Å². The normalized spacial score (nSPS) is 10.4. The molecular formula is C10H11BrN4O. The highest BCUT2D eigenvalue weighted by atomic mass is 79.9. The maximum absolute atomic E-state index is 5.50. The van der Waals surface area contributed by atoms with Gasteiger partial charge < -0.3 is 4.74 Å². The second-order valence-electron chi connectivity index (χ2n) is 3.29. The summed E-state index contributed by atoms with van der Waals surface area (Å²) in [5.41, 5.74) is 0.943. The zero-order chi connectivity index (χ0) is 11.5. The van der Waals surface area contributed by atoms with Crippen molar-refractivity contribution in [2.45, 2.75) is 20.3 Å². The number of halogens is 1. The molecule has 0 aliphatic carbocycles. The highest BCUT2D eigenvalue weighted by molar-refractivity contribution is 9.10. The van der Waals surface area contributed by atoms with E-state index in [0.29, 0.717) is 16.4 Å². The summed E-state index contributed by atoms with van der Waals surface area (Å²) in [6.07, 6.45) is 0.759. The molecule has 0 unspecified atom stereocenters. The first kappa shape index (κ1) is 11.1. The highest BCUT2D eigenvalue weighted by Gasteiger charge is 2.05. The Balaban J connectivity index is 2.24. The third-order valence-electron chi connectivity index (χ3n) is 1.93. The predicted molar refractivity (Wildman–Crippen MR) is 62.5 cm³/mol. The second kappa shape index (κ2) is 4.61. The Hall–Kier alpha value is -1.43. The van der Waals surface area contributed by atoms with Crippen LogP contribution in [0.15, 0.2) is 16.7 Å². The van der Waals surface area contributed by atoms with Gasteiger partial charge in [0.25, 0.3) is 0 Å². The molecule has 2 heterocycles. The molecule has 0 atom stereocenters. The van der Waals surface area contributed by atoms with Crippen molar-refractivity contribution in [3.63, 3.8) is 0 Å². The zero-order valence-corrected chi connectivity index (χ0v) is 10.6. The SMILES string of the molecule is CCc1nc(Br)cc(Oc2cc(C)[nH]n2)n1. The van der Waals surface area contributed by atoms with Crippen LogP contribution in [0.5, 0.6) is 11.8 Å². The number of aromatic amines is 1. The van der Waals surface area contributed by atoms with Crippen molar-refractivity contribution in [1.29, 1.82) is 0 Å². The molecule has 0 bridgehead atoms. The van der Waals surface area contributed by atoms with E-state index in [9.17, 15) is 0 Å². The first-order valence-electron chi connectivity index (χ1n) is 4.90. The van der Waals surface area contributed by atoms with E-state index in [1.807, 2.05) is 19.9 Å². The summed E-state index contributed by atoms with van der Waals surface area (Å²) in [6, 6.07) is 3.52. The Morgan fingerprint density at radius 2 is 2.12 bits per heavy atom. The topological polar surface area (TPSA) is 63.7 Å². The summed E-state index contributed by atoms with van der Waals surface area (Å²) in [6.45, 7) is 3.90. The molecule has 2 aromatic rings. The fraction of sp³-hybridized carbons (Fsp3) is 0.300. The monoisotopic (exact) mass is 282 g/mol. The lowest BCUT2D eigenvalue weighted by atomic mass is 10.4.